The Morgan fingerprint density at radius 2 is 1.85 bits per heavy atom. The van der Waals surface area contributed by atoms with Crippen LogP contribution in [0.4, 0.5) is 0 Å². The van der Waals surface area contributed by atoms with Gasteiger partial charge in [0.2, 0.25) is 0 Å². The fourth-order valence-corrected chi connectivity index (χ4v) is 2.84. The molecule has 2 aliphatic carbocycles. The van der Waals surface area contributed by atoms with Crippen LogP contribution in [0.25, 0.3) is 0 Å². The number of hydrogen-bond acceptors (Lipinski definition) is 0. The topological polar surface area (TPSA) is 0 Å². The summed E-state index contributed by atoms with van der Waals surface area (Å²) >= 11 is 0. The van der Waals surface area contributed by atoms with Gasteiger partial charge in [0.15, 0.2) is 0 Å². The third-order valence-electron chi connectivity index (χ3n) is 4.03. The second-order valence-corrected chi connectivity index (χ2v) is 5.34. The Morgan fingerprint density at radius 3 is 2.31 bits per heavy atom. The molecule has 0 N–H and O–H groups in total. The van der Waals surface area contributed by atoms with Crippen molar-refractivity contribution in [1.29, 1.82) is 0 Å². The summed E-state index contributed by atoms with van der Waals surface area (Å²) in [6, 6.07) is 0. The first-order valence-corrected chi connectivity index (χ1v) is 5.46. The first-order valence-electron chi connectivity index (χ1n) is 5.46. The zero-order chi connectivity index (χ0) is 9.47. The number of hydrogen-bond donors (Lipinski definition) is 0. The zero-order valence-electron chi connectivity index (χ0n) is 8.96. The van der Waals surface area contributed by atoms with Crippen molar-refractivity contribution in [3.63, 3.8) is 0 Å². The Hall–Kier alpha value is -0.520. The van der Waals surface area contributed by atoms with Crippen LogP contribution in [0, 0.1) is 23.2 Å². The van der Waals surface area contributed by atoms with Crippen LogP contribution in [-0.4, -0.2) is 0 Å². The predicted molar refractivity (Wildman–Crippen MR) is 57.4 cm³/mol. The summed E-state index contributed by atoms with van der Waals surface area (Å²) in [5.41, 5.74) is 0.592. The lowest BCUT2D eigenvalue weighted by molar-refractivity contribution is 0.0244. The van der Waals surface area contributed by atoms with Crippen molar-refractivity contribution in [2.45, 2.75) is 33.6 Å². The molecule has 0 saturated heterocycles. The Balaban J connectivity index is 2.09. The van der Waals surface area contributed by atoms with Gasteiger partial charge in [-0.25, -0.2) is 0 Å². The molecule has 0 amide bonds. The van der Waals surface area contributed by atoms with Gasteiger partial charge >= 0.3 is 0 Å². The third kappa shape index (κ3) is 1.47. The van der Waals surface area contributed by atoms with Crippen molar-refractivity contribution in [2.24, 2.45) is 23.2 Å². The van der Waals surface area contributed by atoms with Crippen LogP contribution in [0.1, 0.15) is 33.6 Å². The molecule has 0 nitrogen and oxygen atoms in total. The van der Waals surface area contributed by atoms with Gasteiger partial charge in [-0.1, -0.05) is 45.1 Å². The highest BCUT2D eigenvalue weighted by Crippen LogP contribution is 2.52. The molecule has 0 aromatic rings. The maximum atomic E-state index is 2.42. The van der Waals surface area contributed by atoms with Gasteiger partial charge in [-0.3, -0.25) is 0 Å². The van der Waals surface area contributed by atoms with E-state index in [0.717, 1.165) is 17.8 Å². The molecular formula is C13H20. The van der Waals surface area contributed by atoms with Crippen molar-refractivity contribution >= 4 is 0 Å². The van der Waals surface area contributed by atoms with Crippen molar-refractivity contribution in [1.82, 2.24) is 0 Å². The first kappa shape index (κ1) is 9.05. The van der Waals surface area contributed by atoms with E-state index in [4.69, 9.17) is 0 Å². The van der Waals surface area contributed by atoms with Crippen LogP contribution in [0.5, 0.6) is 0 Å². The minimum Gasteiger partial charge on any atom is -0.0811 e. The summed E-state index contributed by atoms with van der Waals surface area (Å²) in [7, 11) is 0. The van der Waals surface area contributed by atoms with E-state index >= 15 is 0 Å². The maximum Gasteiger partial charge on any atom is -0.0136 e. The highest BCUT2D eigenvalue weighted by molar-refractivity contribution is 5.16. The standard InChI is InChI=1S/C13H20/c1-10-6-4-5-7-11(10)12-8-9-13(12,2)3/h4-7,10-12H,8-9H2,1-3H3. The van der Waals surface area contributed by atoms with E-state index in [-0.39, 0.29) is 0 Å². The normalized spacial score (nSPS) is 41.6. The maximum absolute atomic E-state index is 2.42. The third-order valence-corrected chi connectivity index (χ3v) is 4.03. The monoisotopic (exact) mass is 176 g/mol. The molecule has 2 aliphatic rings. The Bertz CT molecular complexity index is 245. The predicted octanol–water partition coefficient (Wildman–Crippen LogP) is 3.80. The molecule has 0 heteroatoms. The molecule has 13 heavy (non-hydrogen) atoms. The molecule has 0 aliphatic heterocycles. The van der Waals surface area contributed by atoms with Gasteiger partial charge in [0.25, 0.3) is 0 Å². The van der Waals surface area contributed by atoms with Gasteiger partial charge in [0.1, 0.15) is 0 Å². The number of rotatable bonds is 1. The van der Waals surface area contributed by atoms with E-state index in [1.54, 1.807) is 0 Å². The molecular weight excluding hydrogens is 156 g/mol. The van der Waals surface area contributed by atoms with Crippen LogP contribution < -0.4 is 0 Å². The van der Waals surface area contributed by atoms with Crippen molar-refractivity contribution in [3.8, 4) is 0 Å². The highest BCUT2D eigenvalue weighted by Gasteiger charge is 2.43. The van der Waals surface area contributed by atoms with Crippen LogP contribution in [-0.2, 0) is 0 Å². The second-order valence-electron chi connectivity index (χ2n) is 5.34. The molecule has 1 saturated carbocycles. The Kier molecular flexibility index (Phi) is 2.09. The fourth-order valence-electron chi connectivity index (χ4n) is 2.84. The van der Waals surface area contributed by atoms with Gasteiger partial charge in [-0.2, -0.15) is 0 Å². The minimum absolute atomic E-state index is 0.592. The van der Waals surface area contributed by atoms with E-state index < -0.39 is 0 Å². The summed E-state index contributed by atoms with van der Waals surface area (Å²) in [5.74, 6) is 2.46. The van der Waals surface area contributed by atoms with Gasteiger partial charge < -0.3 is 0 Å². The summed E-state index contributed by atoms with van der Waals surface area (Å²) in [5, 5.41) is 0. The molecule has 0 aromatic heterocycles. The number of allylic oxidation sites excluding steroid dienone is 4. The lowest BCUT2D eigenvalue weighted by atomic mass is 9.55. The fraction of sp³-hybridized carbons (Fsp3) is 0.692. The lowest BCUT2D eigenvalue weighted by Crippen LogP contribution is -2.41. The van der Waals surface area contributed by atoms with Crippen LogP contribution in [0.3, 0.4) is 0 Å². The second kappa shape index (κ2) is 3.01. The lowest BCUT2D eigenvalue weighted by Gasteiger charge is -2.50. The minimum atomic E-state index is 0.592. The van der Waals surface area contributed by atoms with E-state index in [0.29, 0.717) is 5.41 Å². The zero-order valence-corrected chi connectivity index (χ0v) is 8.96. The smallest absolute Gasteiger partial charge is 0.0136 e. The van der Waals surface area contributed by atoms with Gasteiger partial charge in [0, 0.05) is 0 Å². The quantitative estimate of drug-likeness (QED) is 0.570. The van der Waals surface area contributed by atoms with Crippen molar-refractivity contribution in [3.05, 3.63) is 24.3 Å². The van der Waals surface area contributed by atoms with Crippen LogP contribution in [0.15, 0.2) is 24.3 Å². The highest BCUT2D eigenvalue weighted by atomic mass is 14.5. The van der Waals surface area contributed by atoms with Crippen LogP contribution in [0.2, 0.25) is 0 Å². The molecule has 2 rings (SSSR count). The summed E-state index contributed by atoms with van der Waals surface area (Å²) in [4.78, 5) is 0. The Labute approximate surface area is 81.7 Å². The average Bonchev–Trinajstić information content (AvgIpc) is 2.07. The van der Waals surface area contributed by atoms with E-state index in [2.05, 4.69) is 45.1 Å². The first-order chi connectivity index (χ1) is 6.11. The van der Waals surface area contributed by atoms with Crippen molar-refractivity contribution in [2.75, 3.05) is 0 Å². The molecule has 1 fully saturated rings. The van der Waals surface area contributed by atoms with Gasteiger partial charge in [-0.05, 0) is 36.0 Å². The molecule has 0 aromatic carbocycles. The molecule has 3 atom stereocenters. The summed E-state index contributed by atoms with van der Waals surface area (Å²) in [6.45, 7) is 7.18. The van der Waals surface area contributed by atoms with Crippen molar-refractivity contribution < 1.29 is 0 Å². The average molecular weight is 176 g/mol. The SMILES string of the molecule is CC1C=CC=CC1C1CCC1(C)C. The molecule has 72 valence electrons. The molecule has 3 unspecified atom stereocenters. The molecule has 0 bridgehead atoms. The molecule has 0 heterocycles. The van der Waals surface area contributed by atoms with Gasteiger partial charge in [0.05, 0.1) is 0 Å². The molecule has 0 radical (unpaired) electrons. The summed E-state index contributed by atoms with van der Waals surface area (Å²) < 4.78 is 0. The van der Waals surface area contributed by atoms with E-state index in [9.17, 15) is 0 Å². The van der Waals surface area contributed by atoms with E-state index in [1.807, 2.05) is 0 Å². The largest absolute Gasteiger partial charge is 0.0811 e. The Morgan fingerprint density at radius 1 is 1.15 bits per heavy atom. The van der Waals surface area contributed by atoms with E-state index in [1.165, 1.54) is 12.8 Å². The molecule has 0 spiro atoms. The van der Waals surface area contributed by atoms with Gasteiger partial charge in [-0.15, -0.1) is 0 Å². The van der Waals surface area contributed by atoms with Crippen LogP contribution >= 0.6 is 0 Å². The summed E-state index contributed by atoms with van der Waals surface area (Å²) in [6.07, 6.45) is 12.0.